The van der Waals surface area contributed by atoms with E-state index in [-0.39, 0.29) is 5.78 Å². The molecule has 1 rings (SSSR count). The number of nitrogens with zero attached hydrogens (tertiary/aromatic N) is 1. The number of nitriles is 1. The Kier molecular flexibility index (Phi) is 4.31. The summed E-state index contributed by atoms with van der Waals surface area (Å²) < 4.78 is 0.672. The van der Waals surface area contributed by atoms with E-state index in [1.807, 2.05) is 13.0 Å². The highest BCUT2D eigenvalue weighted by Crippen LogP contribution is 2.24. The number of benzene rings is 1. The number of carbonyl (C=O) groups excluding carboxylic acids is 1. The molecule has 0 amide bonds. The van der Waals surface area contributed by atoms with Gasteiger partial charge < -0.3 is 0 Å². The standard InChI is InChI=1S/C11H9BrClNO/c1-2-7(6-14)11(15)9-5-8(13)3-4-10(9)12/h3-5,7H,2H2,1H3. The zero-order valence-electron chi connectivity index (χ0n) is 8.13. The van der Waals surface area contributed by atoms with Crippen molar-refractivity contribution in [1.82, 2.24) is 0 Å². The number of Topliss-reactive ketones (excluding diaryl/α,β-unsaturated/α-hetero) is 1. The van der Waals surface area contributed by atoms with Crippen molar-refractivity contribution in [2.24, 2.45) is 5.92 Å². The third-order valence-corrected chi connectivity index (χ3v) is 3.00. The predicted molar refractivity (Wildman–Crippen MR) is 62.9 cm³/mol. The fourth-order valence-electron chi connectivity index (χ4n) is 1.21. The lowest BCUT2D eigenvalue weighted by Crippen LogP contribution is -2.12. The summed E-state index contributed by atoms with van der Waals surface area (Å²) in [6, 6.07) is 6.96. The van der Waals surface area contributed by atoms with Crippen molar-refractivity contribution in [3.8, 4) is 6.07 Å². The van der Waals surface area contributed by atoms with E-state index in [1.165, 1.54) is 0 Å². The largest absolute Gasteiger partial charge is 0.293 e. The quantitative estimate of drug-likeness (QED) is 0.792. The third-order valence-electron chi connectivity index (χ3n) is 2.07. The van der Waals surface area contributed by atoms with Crippen molar-refractivity contribution in [1.29, 1.82) is 5.26 Å². The van der Waals surface area contributed by atoms with E-state index < -0.39 is 5.92 Å². The zero-order chi connectivity index (χ0) is 11.4. The van der Waals surface area contributed by atoms with Crippen molar-refractivity contribution >= 4 is 33.3 Å². The Morgan fingerprint density at radius 3 is 2.87 bits per heavy atom. The molecule has 0 fully saturated rings. The van der Waals surface area contributed by atoms with E-state index in [4.69, 9.17) is 16.9 Å². The molecular formula is C11H9BrClNO. The van der Waals surface area contributed by atoms with E-state index in [2.05, 4.69) is 15.9 Å². The molecule has 78 valence electrons. The molecule has 0 bridgehead atoms. The normalized spacial score (nSPS) is 11.9. The molecule has 0 saturated heterocycles. The van der Waals surface area contributed by atoms with Crippen molar-refractivity contribution in [3.63, 3.8) is 0 Å². The smallest absolute Gasteiger partial charge is 0.181 e. The molecule has 0 aliphatic carbocycles. The Hall–Kier alpha value is -0.850. The van der Waals surface area contributed by atoms with Crippen molar-refractivity contribution in [2.45, 2.75) is 13.3 Å². The van der Waals surface area contributed by atoms with Crippen LogP contribution in [0.15, 0.2) is 22.7 Å². The lowest BCUT2D eigenvalue weighted by atomic mass is 9.97. The van der Waals surface area contributed by atoms with Gasteiger partial charge in [0.2, 0.25) is 0 Å². The maximum absolute atomic E-state index is 11.9. The number of hydrogen-bond acceptors (Lipinski definition) is 2. The minimum atomic E-state index is -0.597. The second-order valence-corrected chi connectivity index (χ2v) is 4.37. The maximum Gasteiger partial charge on any atom is 0.181 e. The van der Waals surface area contributed by atoms with E-state index >= 15 is 0 Å². The van der Waals surface area contributed by atoms with Gasteiger partial charge in [0.1, 0.15) is 5.92 Å². The monoisotopic (exact) mass is 285 g/mol. The van der Waals surface area contributed by atoms with Gasteiger partial charge >= 0.3 is 0 Å². The molecule has 2 nitrogen and oxygen atoms in total. The van der Waals surface area contributed by atoms with E-state index in [9.17, 15) is 4.79 Å². The van der Waals surface area contributed by atoms with Gasteiger partial charge in [-0.3, -0.25) is 4.79 Å². The van der Waals surface area contributed by atoms with Crippen LogP contribution in [0.2, 0.25) is 5.02 Å². The topological polar surface area (TPSA) is 40.9 Å². The summed E-state index contributed by atoms with van der Waals surface area (Å²) in [5.41, 5.74) is 0.468. The second-order valence-electron chi connectivity index (χ2n) is 3.08. The molecule has 0 saturated carbocycles. The van der Waals surface area contributed by atoms with Crippen molar-refractivity contribution < 1.29 is 4.79 Å². The first-order valence-corrected chi connectivity index (χ1v) is 5.66. The van der Waals surface area contributed by atoms with Crippen LogP contribution < -0.4 is 0 Å². The van der Waals surface area contributed by atoms with Gasteiger partial charge in [0, 0.05) is 15.1 Å². The molecule has 4 heteroatoms. The van der Waals surface area contributed by atoms with Gasteiger partial charge in [0.25, 0.3) is 0 Å². The average molecular weight is 287 g/mol. The third kappa shape index (κ3) is 2.80. The fraction of sp³-hybridized carbons (Fsp3) is 0.273. The maximum atomic E-state index is 11.9. The number of rotatable bonds is 3. The Morgan fingerprint density at radius 2 is 2.33 bits per heavy atom. The van der Waals surface area contributed by atoms with Crippen molar-refractivity contribution in [2.75, 3.05) is 0 Å². The summed E-state index contributed by atoms with van der Waals surface area (Å²) in [6.07, 6.45) is 0.508. The van der Waals surface area contributed by atoms with Crippen LogP contribution in [-0.4, -0.2) is 5.78 Å². The van der Waals surface area contributed by atoms with Gasteiger partial charge in [0.15, 0.2) is 5.78 Å². The summed E-state index contributed by atoms with van der Waals surface area (Å²) >= 11 is 9.06. The first-order chi connectivity index (χ1) is 7.10. The highest BCUT2D eigenvalue weighted by molar-refractivity contribution is 9.10. The van der Waals surface area contributed by atoms with E-state index in [0.29, 0.717) is 21.5 Å². The number of halogens is 2. The molecule has 0 heterocycles. The summed E-state index contributed by atoms with van der Waals surface area (Å²) in [6.45, 7) is 1.81. The Bertz CT molecular complexity index is 425. The predicted octanol–water partition coefficient (Wildman–Crippen LogP) is 3.83. The molecule has 1 aromatic carbocycles. The van der Waals surface area contributed by atoms with Crippen LogP contribution in [0.3, 0.4) is 0 Å². The van der Waals surface area contributed by atoms with Gasteiger partial charge in [-0.15, -0.1) is 0 Å². The van der Waals surface area contributed by atoms with Crippen LogP contribution in [0.5, 0.6) is 0 Å². The van der Waals surface area contributed by atoms with Gasteiger partial charge in [0.05, 0.1) is 6.07 Å². The van der Waals surface area contributed by atoms with Crippen LogP contribution in [0.1, 0.15) is 23.7 Å². The van der Waals surface area contributed by atoms with E-state index in [0.717, 1.165) is 0 Å². The van der Waals surface area contributed by atoms with Gasteiger partial charge in [-0.25, -0.2) is 0 Å². The van der Waals surface area contributed by atoms with Crippen molar-refractivity contribution in [3.05, 3.63) is 33.3 Å². The Morgan fingerprint density at radius 1 is 1.67 bits per heavy atom. The number of ketones is 1. The molecule has 1 unspecified atom stereocenters. The SMILES string of the molecule is CCC(C#N)C(=O)c1cc(Cl)ccc1Br. The van der Waals surface area contributed by atoms with E-state index in [1.54, 1.807) is 18.2 Å². The first-order valence-electron chi connectivity index (χ1n) is 4.49. The van der Waals surface area contributed by atoms with Crippen LogP contribution in [0.4, 0.5) is 0 Å². The van der Waals surface area contributed by atoms with Crippen LogP contribution in [-0.2, 0) is 0 Å². The summed E-state index contributed by atoms with van der Waals surface area (Å²) in [5, 5.41) is 9.29. The minimum Gasteiger partial charge on any atom is -0.293 e. The molecule has 0 spiro atoms. The fourth-order valence-corrected chi connectivity index (χ4v) is 1.82. The summed E-state index contributed by atoms with van der Waals surface area (Å²) in [5.74, 6) is -0.783. The molecule has 0 N–H and O–H groups in total. The van der Waals surface area contributed by atoms with Crippen LogP contribution in [0.25, 0.3) is 0 Å². The molecule has 1 aromatic rings. The summed E-state index contributed by atoms with van der Waals surface area (Å²) in [7, 11) is 0. The minimum absolute atomic E-state index is 0.186. The Balaban J connectivity index is 3.11. The van der Waals surface area contributed by atoms with Crippen LogP contribution in [0, 0.1) is 17.2 Å². The van der Waals surface area contributed by atoms with Gasteiger partial charge in [-0.1, -0.05) is 34.5 Å². The molecular weight excluding hydrogens is 277 g/mol. The zero-order valence-corrected chi connectivity index (χ0v) is 10.5. The Labute approximate surface area is 102 Å². The lowest BCUT2D eigenvalue weighted by Gasteiger charge is -2.07. The second kappa shape index (κ2) is 5.29. The molecule has 0 aliphatic heterocycles. The van der Waals surface area contributed by atoms with Gasteiger partial charge in [-0.2, -0.15) is 5.26 Å². The molecule has 0 aromatic heterocycles. The molecule has 15 heavy (non-hydrogen) atoms. The highest BCUT2D eigenvalue weighted by atomic mass is 79.9. The molecule has 0 radical (unpaired) electrons. The molecule has 0 aliphatic rings. The van der Waals surface area contributed by atoms with Gasteiger partial charge in [-0.05, 0) is 24.6 Å². The first kappa shape index (κ1) is 12.2. The van der Waals surface area contributed by atoms with Crippen LogP contribution >= 0.6 is 27.5 Å². The molecule has 1 atom stereocenters. The number of carbonyl (C=O) groups is 1. The highest BCUT2D eigenvalue weighted by Gasteiger charge is 2.19. The average Bonchev–Trinajstić information content (AvgIpc) is 2.23. The lowest BCUT2D eigenvalue weighted by molar-refractivity contribution is 0.0946. The number of hydrogen-bond donors (Lipinski definition) is 0. The summed E-state index contributed by atoms with van der Waals surface area (Å²) in [4.78, 5) is 11.9.